The Labute approximate surface area is 109 Å². The van der Waals surface area contributed by atoms with Gasteiger partial charge in [-0.25, -0.2) is 8.42 Å². The van der Waals surface area contributed by atoms with Gasteiger partial charge in [0.25, 0.3) is 0 Å². The maximum absolute atomic E-state index is 12.1. The van der Waals surface area contributed by atoms with Gasteiger partial charge in [-0.1, -0.05) is 0 Å². The zero-order valence-electron chi connectivity index (χ0n) is 10.1. The van der Waals surface area contributed by atoms with Gasteiger partial charge in [0.1, 0.15) is 0 Å². The first-order chi connectivity index (χ1) is 7.58. The molecular weight excluding hydrogens is 264 g/mol. The number of nitrogens with zero attached hydrogens (tertiary/aromatic N) is 1. The second-order valence-electron chi connectivity index (χ2n) is 4.72. The molecule has 17 heavy (non-hydrogen) atoms. The Bertz CT molecular complexity index is 330. The largest absolute Gasteiger partial charge is 0.381 e. The summed E-state index contributed by atoms with van der Waals surface area (Å²) in [5.74, 6) is 0.440. The summed E-state index contributed by atoms with van der Waals surface area (Å²) in [5.41, 5.74) is 0. The van der Waals surface area contributed by atoms with E-state index in [1.54, 1.807) is 4.31 Å². The summed E-state index contributed by atoms with van der Waals surface area (Å²) >= 11 is 0. The van der Waals surface area contributed by atoms with Gasteiger partial charge in [-0.3, -0.25) is 0 Å². The fourth-order valence-corrected chi connectivity index (χ4v) is 4.16. The molecule has 1 N–H and O–H groups in total. The van der Waals surface area contributed by atoms with Crippen molar-refractivity contribution in [3.63, 3.8) is 0 Å². The molecule has 0 aliphatic carbocycles. The predicted octanol–water partition coefficient (Wildman–Crippen LogP) is 0.0682. The minimum Gasteiger partial charge on any atom is -0.381 e. The minimum atomic E-state index is -3.09. The SMILES string of the molecule is CC1CN(S(=O)(=O)CC2CCOC2)CCN1.Cl. The van der Waals surface area contributed by atoms with Crippen molar-refractivity contribution < 1.29 is 13.2 Å². The van der Waals surface area contributed by atoms with Crippen molar-refractivity contribution in [1.82, 2.24) is 9.62 Å². The fourth-order valence-electron chi connectivity index (χ4n) is 2.27. The van der Waals surface area contributed by atoms with Crippen molar-refractivity contribution >= 4 is 22.4 Å². The highest BCUT2D eigenvalue weighted by Crippen LogP contribution is 2.17. The van der Waals surface area contributed by atoms with Crippen LogP contribution in [0.1, 0.15) is 13.3 Å². The predicted molar refractivity (Wildman–Crippen MR) is 69.0 cm³/mol. The van der Waals surface area contributed by atoms with Gasteiger partial charge in [0, 0.05) is 32.3 Å². The molecule has 102 valence electrons. The van der Waals surface area contributed by atoms with Crippen molar-refractivity contribution in [3.05, 3.63) is 0 Å². The number of hydrogen-bond donors (Lipinski definition) is 1. The number of sulfonamides is 1. The Morgan fingerprint density at radius 3 is 2.82 bits per heavy atom. The second kappa shape index (κ2) is 6.33. The third-order valence-corrected chi connectivity index (χ3v) is 5.21. The van der Waals surface area contributed by atoms with Crippen LogP contribution in [0.5, 0.6) is 0 Å². The van der Waals surface area contributed by atoms with Crippen LogP contribution in [0.2, 0.25) is 0 Å². The van der Waals surface area contributed by atoms with E-state index in [0.29, 0.717) is 26.3 Å². The van der Waals surface area contributed by atoms with Crippen LogP contribution < -0.4 is 5.32 Å². The number of piperazine rings is 1. The Morgan fingerprint density at radius 1 is 1.47 bits per heavy atom. The van der Waals surface area contributed by atoms with Crippen molar-refractivity contribution in [2.45, 2.75) is 19.4 Å². The monoisotopic (exact) mass is 284 g/mol. The van der Waals surface area contributed by atoms with E-state index in [0.717, 1.165) is 13.0 Å². The lowest BCUT2D eigenvalue weighted by Gasteiger charge is -2.31. The summed E-state index contributed by atoms with van der Waals surface area (Å²) < 4.78 is 31.1. The zero-order valence-corrected chi connectivity index (χ0v) is 11.7. The molecule has 2 rings (SSSR count). The molecule has 2 atom stereocenters. The third kappa shape index (κ3) is 4.06. The molecule has 0 radical (unpaired) electrons. The standard InChI is InChI=1S/C10H20N2O3S.ClH/c1-9-6-12(4-3-11-9)16(13,14)8-10-2-5-15-7-10;/h9-11H,2-8H2,1H3;1H. The Kier molecular flexibility index (Phi) is 5.66. The van der Waals surface area contributed by atoms with Gasteiger partial charge < -0.3 is 10.1 Å². The number of nitrogens with one attached hydrogen (secondary N) is 1. The first-order valence-electron chi connectivity index (χ1n) is 5.87. The minimum absolute atomic E-state index is 0. The van der Waals surface area contributed by atoms with Crippen LogP contribution in [0.15, 0.2) is 0 Å². The van der Waals surface area contributed by atoms with E-state index in [1.165, 1.54) is 0 Å². The number of halogens is 1. The Balaban J connectivity index is 0.00000144. The van der Waals surface area contributed by atoms with Gasteiger partial charge in [0.15, 0.2) is 0 Å². The quantitative estimate of drug-likeness (QED) is 0.797. The molecule has 0 amide bonds. The molecule has 0 spiro atoms. The summed E-state index contributed by atoms with van der Waals surface area (Å²) in [7, 11) is -3.09. The first-order valence-corrected chi connectivity index (χ1v) is 7.48. The highest BCUT2D eigenvalue weighted by molar-refractivity contribution is 7.89. The van der Waals surface area contributed by atoms with Crippen LogP contribution in [0, 0.1) is 5.92 Å². The van der Waals surface area contributed by atoms with Gasteiger partial charge in [-0.15, -0.1) is 12.4 Å². The van der Waals surface area contributed by atoms with E-state index in [1.807, 2.05) is 6.92 Å². The number of rotatable bonds is 3. The Hall–Kier alpha value is 0.120. The van der Waals surface area contributed by atoms with Crippen molar-refractivity contribution in [1.29, 1.82) is 0 Å². The summed E-state index contributed by atoms with van der Waals surface area (Å²) in [4.78, 5) is 0. The maximum Gasteiger partial charge on any atom is 0.214 e. The molecule has 0 saturated carbocycles. The van der Waals surface area contributed by atoms with E-state index < -0.39 is 10.0 Å². The van der Waals surface area contributed by atoms with E-state index in [9.17, 15) is 8.42 Å². The molecule has 0 bridgehead atoms. The smallest absolute Gasteiger partial charge is 0.214 e. The Morgan fingerprint density at radius 2 is 2.24 bits per heavy atom. The normalized spacial score (nSPS) is 31.1. The average molecular weight is 285 g/mol. The molecule has 0 aromatic carbocycles. The van der Waals surface area contributed by atoms with Crippen LogP contribution in [0.4, 0.5) is 0 Å². The number of hydrogen-bond acceptors (Lipinski definition) is 4. The zero-order chi connectivity index (χ0) is 11.6. The molecule has 5 nitrogen and oxygen atoms in total. The van der Waals surface area contributed by atoms with Gasteiger partial charge in [-0.2, -0.15) is 4.31 Å². The molecule has 0 aromatic heterocycles. The first kappa shape index (κ1) is 15.2. The van der Waals surface area contributed by atoms with Crippen molar-refractivity contribution in [2.75, 3.05) is 38.6 Å². The average Bonchev–Trinajstić information content (AvgIpc) is 2.70. The molecule has 2 unspecified atom stereocenters. The van der Waals surface area contributed by atoms with Crippen LogP contribution in [0.3, 0.4) is 0 Å². The summed E-state index contributed by atoms with van der Waals surface area (Å²) in [5, 5.41) is 3.25. The maximum atomic E-state index is 12.1. The van der Waals surface area contributed by atoms with Crippen LogP contribution in [0.25, 0.3) is 0 Å². The highest BCUT2D eigenvalue weighted by atomic mass is 35.5. The third-order valence-electron chi connectivity index (χ3n) is 3.20. The molecule has 2 saturated heterocycles. The molecule has 2 aliphatic heterocycles. The van der Waals surface area contributed by atoms with E-state index in [2.05, 4.69) is 5.32 Å². The van der Waals surface area contributed by atoms with Crippen molar-refractivity contribution in [2.24, 2.45) is 5.92 Å². The second-order valence-corrected chi connectivity index (χ2v) is 6.73. The van der Waals surface area contributed by atoms with Gasteiger partial charge in [-0.05, 0) is 19.3 Å². The fraction of sp³-hybridized carbons (Fsp3) is 1.00. The van der Waals surface area contributed by atoms with E-state index >= 15 is 0 Å². The molecular formula is C10H21ClN2O3S. The van der Waals surface area contributed by atoms with Gasteiger partial charge >= 0.3 is 0 Å². The number of ether oxygens (including phenoxy) is 1. The topological polar surface area (TPSA) is 58.6 Å². The van der Waals surface area contributed by atoms with Crippen LogP contribution in [-0.2, 0) is 14.8 Å². The molecule has 0 aromatic rings. The summed E-state index contributed by atoms with van der Waals surface area (Å²) in [6, 6.07) is 0.253. The summed E-state index contributed by atoms with van der Waals surface area (Å²) in [6.45, 7) is 5.26. The van der Waals surface area contributed by atoms with Crippen LogP contribution in [-0.4, -0.2) is 57.4 Å². The molecule has 2 heterocycles. The lowest BCUT2D eigenvalue weighted by Crippen LogP contribution is -2.52. The van der Waals surface area contributed by atoms with Crippen LogP contribution >= 0.6 is 12.4 Å². The summed E-state index contributed by atoms with van der Waals surface area (Å²) in [6.07, 6.45) is 0.876. The lowest BCUT2D eigenvalue weighted by atomic mass is 10.2. The lowest BCUT2D eigenvalue weighted by molar-refractivity contribution is 0.188. The molecule has 2 aliphatic rings. The van der Waals surface area contributed by atoms with Crippen molar-refractivity contribution in [3.8, 4) is 0 Å². The van der Waals surface area contributed by atoms with E-state index in [-0.39, 0.29) is 30.1 Å². The van der Waals surface area contributed by atoms with Gasteiger partial charge in [0.2, 0.25) is 10.0 Å². The molecule has 7 heteroatoms. The van der Waals surface area contributed by atoms with E-state index in [4.69, 9.17) is 4.74 Å². The highest BCUT2D eigenvalue weighted by Gasteiger charge is 2.30. The molecule has 2 fully saturated rings. The van der Waals surface area contributed by atoms with Gasteiger partial charge in [0.05, 0.1) is 12.4 Å².